The van der Waals surface area contributed by atoms with Gasteiger partial charge in [-0.3, -0.25) is 9.59 Å². The van der Waals surface area contributed by atoms with E-state index >= 15 is 0 Å². The van der Waals surface area contributed by atoms with Gasteiger partial charge in [-0.05, 0) is 38.5 Å². The van der Waals surface area contributed by atoms with E-state index in [1.54, 1.807) is 0 Å². The zero-order valence-corrected chi connectivity index (χ0v) is 14.6. The first-order valence-electron chi connectivity index (χ1n) is 8.29. The molecule has 2 N–H and O–H groups in total. The molecule has 1 atom stereocenters. The summed E-state index contributed by atoms with van der Waals surface area (Å²) in [5, 5.41) is 0. The van der Waals surface area contributed by atoms with Crippen LogP contribution in [0.25, 0.3) is 0 Å². The van der Waals surface area contributed by atoms with Crippen LogP contribution in [0.3, 0.4) is 0 Å². The van der Waals surface area contributed by atoms with Crippen LogP contribution in [0.1, 0.15) is 46.0 Å². The summed E-state index contributed by atoms with van der Waals surface area (Å²) in [5.41, 5.74) is 5.68. The quantitative estimate of drug-likeness (QED) is 0.855. The van der Waals surface area contributed by atoms with Gasteiger partial charge in [-0.1, -0.05) is 6.92 Å². The SMILES string of the molecule is CC(N)CC(=O)N1CCC(C(=O)N2CCC(C)CC2)CC1.Cl. The lowest BCUT2D eigenvalue weighted by molar-refractivity contribution is -0.141. The number of hydrogen-bond acceptors (Lipinski definition) is 3. The van der Waals surface area contributed by atoms with Gasteiger partial charge in [0.2, 0.25) is 11.8 Å². The predicted molar refractivity (Wildman–Crippen MR) is 89.8 cm³/mol. The highest BCUT2D eigenvalue weighted by atomic mass is 35.5. The highest BCUT2D eigenvalue weighted by Crippen LogP contribution is 2.23. The van der Waals surface area contributed by atoms with Gasteiger partial charge < -0.3 is 15.5 Å². The summed E-state index contributed by atoms with van der Waals surface area (Å²) in [4.78, 5) is 28.4. The fourth-order valence-electron chi connectivity index (χ4n) is 3.27. The molecular weight excluding hydrogens is 302 g/mol. The molecule has 0 bridgehead atoms. The van der Waals surface area contributed by atoms with Crippen molar-refractivity contribution in [2.24, 2.45) is 17.6 Å². The highest BCUT2D eigenvalue weighted by Gasteiger charge is 2.31. The van der Waals surface area contributed by atoms with Crippen LogP contribution in [-0.4, -0.2) is 53.8 Å². The van der Waals surface area contributed by atoms with Crippen LogP contribution in [0.5, 0.6) is 0 Å². The van der Waals surface area contributed by atoms with E-state index in [1.165, 1.54) is 0 Å². The Morgan fingerprint density at radius 1 is 1.05 bits per heavy atom. The van der Waals surface area contributed by atoms with Crippen LogP contribution in [0.15, 0.2) is 0 Å². The topological polar surface area (TPSA) is 66.6 Å². The van der Waals surface area contributed by atoms with Crippen molar-refractivity contribution in [2.75, 3.05) is 26.2 Å². The van der Waals surface area contributed by atoms with Crippen LogP contribution >= 0.6 is 12.4 Å². The highest BCUT2D eigenvalue weighted by molar-refractivity contribution is 5.85. The molecule has 0 spiro atoms. The summed E-state index contributed by atoms with van der Waals surface area (Å²) < 4.78 is 0. The Labute approximate surface area is 140 Å². The number of nitrogens with two attached hydrogens (primary N) is 1. The number of nitrogens with zero attached hydrogens (tertiary/aromatic N) is 2. The number of carbonyl (C=O) groups excluding carboxylic acids is 2. The van der Waals surface area contributed by atoms with Crippen molar-refractivity contribution >= 4 is 24.2 Å². The number of likely N-dealkylation sites (tertiary alicyclic amines) is 2. The van der Waals surface area contributed by atoms with E-state index in [0.29, 0.717) is 25.4 Å². The average Bonchev–Trinajstić information content (AvgIpc) is 2.47. The molecule has 2 saturated heterocycles. The summed E-state index contributed by atoms with van der Waals surface area (Å²) >= 11 is 0. The van der Waals surface area contributed by atoms with Gasteiger partial charge in [0, 0.05) is 44.6 Å². The van der Waals surface area contributed by atoms with Gasteiger partial charge >= 0.3 is 0 Å². The van der Waals surface area contributed by atoms with Crippen molar-refractivity contribution < 1.29 is 9.59 Å². The number of rotatable bonds is 3. The van der Waals surface area contributed by atoms with Crippen LogP contribution in [0.4, 0.5) is 0 Å². The van der Waals surface area contributed by atoms with E-state index in [2.05, 4.69) is 6.92 Å². The maximum Gasteiger partial charge on any atom is 0.225 e. The summed E-state index contributed by atoms with van der Waals surface area (Å²) in [5.74, 6) is 1.29. The average molecular weight is 332 g/mol. The van der Waals surface area contributed by atoms with Crippen LogP contribution in [-0.2, 0) is 9.59 Å². The molecule has 0 saturated carbocycles. The maximum atomic E-state index is 12.5. The minimum absolute atomic E-state index is 0. The van der Waals surface area contributed by atoms with E-state index in [4.69, 9.17) is 5.73 Å². The Hall–Kier alpha value is -0.810. The molecule has 2 aliphatic rings. The second kappa shape index (κ2) is 8.73. The molecule has 2 aliphatic heterocycles. The van der Waals surface area contributed by atoms with Gasteiger partial charge in [-0.25, -0.2) is 0 Å². The molecule has 0 aromatic heterocycles. The standard InChI is InChI=1S/C16H29N3O2.ClH/c1-12-3-7-19(8-4-12)16(21)14-5-9-18(10-6-14)15(20)11-13(2)17;/h12-14H,3-11,17H2,1-2H3;1H. The Balaban J connectivity index is 0.00000242. The number of amides is 2. The van der Waals surface area contributed by atoms with Gasteiger partial charge in [0.25, 0.3) is 0 Å². The summed E-state index contributed by atoms with van der Waals surface area (Å²) in [7, 11) is 0. The van der Waals surface area contributed by atoms with Crippen molar-refractivity contribution in [1.29, 1.82) is 0 Å². The molecule has 128 valence electrons. The van der Waals surface area contributed by atoms with Crippen molar-refractivity contribution in [3.63, 3.8) is 0 Å². The van der Waals surface area contributed by atoms with E-state index in [9.17, 15) is 9.59 Å². The fraction of sp³-hybridized carbons (Fsp3) is 0.875. The van der Waals surface area contributed by atoms with Gasteiger partial charge in [0.15, 0.2) is 0 Å². The van der Waals surface area contributed by atoms with Crippen molar-refractivity contribution in [1.82, 2.24) is 9.80 Å². The van der Waals surface area contributed by atoms with E-state index in [-0.39, 0.29) is 30.3 Å². The molecule has 0 aromatic rings. The molecule has 0 aliphatic carbocycles. The van der Waals surface area contributed by atoms with Gasteiger partial charge in [0.05, 0.1) is 0 Å². The smallest absolute Gasteiger partial charge is 0.225 e. The Morgan fingerprint density at radius 2 is 1.55 bits per heavy atom. The van der Waals surface area contributed by atoms with E-state index in [1.807, 2.05) is 16.7 Å². The monoisotopic (exact) mass is 331 g/mol. The summed E-state index contributed by atoms with van der Waals surface area (Å²) in [6.45, 7) is 7.32. The van der Waals surface area contributed by atoms with Crippen LogP contribution in [0, 0.1) is 11.8 Å². The third-order valence-corrected chi connectivity index (χ3v) is 4.79. The minimum Gasteiger partial charge on any atom is -0.343 e. The van der Waals surface area contributed by atoms with Crippen molar-refractivity contribution in [2.45, 2.75) is 52.0 Å². The fourth-order valence-corrected chi connectivity index (χ4v) is 3.27. The lowest BCUT2D eigenvalue weighted by atomic mass is 9.92. The van der Waals surface area contributed by atoms with E-state index in [0.717, 1.165) is 44.7 Å². The molecule has 6 heteroatoms. The number of piperidine rings is 2. The normalized spacial score (nSPS) is 22.1. The Morgan fingerprint density at radius 3 is 2.05 bits per heavy atom. The second-order valence-electron chi connectivity index (χ2n) is 6.84. The lowest BCUT2D eigenvalue weighted by Gasteiger charge is -2.37. The zero-order valence-electron chi connectivity index (χ0n) is 13.8. The first kappa shape index (κ1) is 19.2. The van der Waals surface area contributed by atoms with Gasteiger partial charge in [-0.15, -0.1) is 12.4 Å². The molecule has 2 amide bonds. The molecule has 2 rings (SSSR count). The third-order valence-electron chi connectivity index (χ3n) is 4.79. The number of halogens is 1. The van der Waals surface area contributed by atoms with Crippen molar-refractivity contribution in [3.05, 3.63) is 0 Å². The maximum absolute atomic E-state index is 12.5. The molecule has 5 nitrogen and oxygen atoms in total. The van der Waals surface area contributed by atoms with Crippen LogP contribution in [0.2, 0.25) is 0 Å². The van der Waals surface area contributed by atoms with Gasteiger partial charge in [0.1, 0.15) is 0 Å². The van der Waals surface area contributed by atoms with E-state index < -0.39 is 0 Å². The number of hydrogen-bond donors (Lipinski definition) is 1. The molecule has 2 fully saturated rings. The largest absolute Gasteiger partial charge is 0.343 e. The molecule has 2 heterocycles. The second-order valence-corrected chi connectivity index (χ2v) is 6.84. The lowest BCUT2D eigenvalue weighted by Crippen LogP contribution is -2.47. The molecule has 0 radical (unpaired) electrons. The van der Waals surface area contributed by atoms with Gasteiger partial charge in [-0.2, -0.15) is 0 Å². The third kappa shape index (κ3) is 5.13. The van der Waals surface area contributed by atoms with Crippen molar-refractivity contribution in [3.8, 4) is 0 Å². The number of carbonyl (C=O) groups is 2. The molecule has 0 aromatic carbocycles. The minimum atomic E-state index is -0.0906. The summed E-state index contributed by atoms with van der Waals surface area (Å²) in [6, 6.07) is -0.0906. The Bertz CT molecular complexity index is 374. The molecule has 1 unspecified atom stereocenters. The Kier molecular flexibility index (Phi) is 7.63. The molecule has 22 heavy (non-hydrogen) atoms. The first-order valence-corrected chi connectivity index (χ1v) is 8.29. The first-order chi connectivity index (χ1) is 9.97. The van der Waals surface area contributed by atoms with Crippen LogP contribution < -0.4 is 5.73 Å². The predicted octanol–water partition coefficient (Wildman–Crippen LogP) is 1.64. The summed E-state index contributed by atoms with van der Waals surface area (Å²) in [6.07, 6.45) is 4.25. The zero-order chi connectivity index (χ0) is 15.4. The molecular formula is C16H30ClN3O2.